The van der Waals surface area contributed by atoms with Gasteiger partial charge in [0.1, 0.15) is 18.0 Å². The molecule has 0 saturated carbocycles. The summed E-state index contributed by atoms with van der Waals surface area (Å²) in [6.45, 7) is 0.294. The molecule has 0 bridgehead atoms. The van der Waals surface area contributed by atoms with E-state index in [2.05, 4.69) is 0 Å². The highest BCUT2D eigenvalue weighted by molar-refractivity contribution is 6.22. The van der Waals surface area contributed by atoms with Crippen molar-refractivity contribution >= 4 is 17.7 Å². The van der Waals surface area contributed by atoms with Gasteiger partial charge in [0.25, 0.3) is 11.8 Å². The van der Waals surface area contributed by atoms with Crippen molar-refractivity contribution < 1.29 is 23.9 Å². The molecule has 1 unspecified atom stereocenters. The molecule has 2 aromatic rings. The Morgan fingerprint density at radius 2 is 1.72 bits per heavy atom. The third kappa shape index (κ3) is 3.22. The molecule has 2 aromatic carbocycles. The van der Waals surface area contributed by atoms with Gasteiger partial charge in [-0.25, -0.2) is 0 Å². The number of fused-ring (bicyclic) bond motifs is 1. The van der Waals surface area contributed by atoms with Gasteiger partial charge in [-0.15, -0.1) is 0 Å². The Balaban J connectivity index is 1.57. The fraction of sp³-hybridized carbons (Fsp3) is 0.318. The molecular formula is C22H22N2O5. The van der Waals surface area contributed by atoms with Crippen molar-refractivity contribution in [1.82, 2.24) is 9.80 Å². The van der Waals surface area contributed by atoms with Gasteiger partial charge in [-0.1, -0.05) is 12.1 Å². The van der Waals surface area contributed by atoms with Crippen LogP contribution in [0.1, 0.15) is 45.2 Å². The maximum Gasteiger partial charge on any atom is 0.262 e. The van der Waals surface area contributed by atoms with Crippen molar-refractivity contribution in [2.75, 3.05) is 27.3 Å². The Labute approximate surface area is 168 Å². The number of methoxy groups -OCH3 is 2. The molecule has 29 heavy (non-hydrogen) atoms. The molecule has 150 valence electrons. The van der Waals surface area contributed by atoms with Crippen LogP contribution in [0.15, 0.2) is 42.5 Å². The van der Waals surface area contributed by atoms with E-state index in [0.29, 0.717) is 29.2 Å². The number of hydrogen-bond acceptors (Lipinski definition) is 5. The van der Waals surface area contributed by atoms with Crippen LogP contribution in [0, 0.1) is 0 Å². The number of ether oxygens (including phenoxy) is 2. The van der Waals surface area contributed by atoms with Crippen LogP contribution in [0.25, 0.3) is 0 Å². The lowest BCUT2D eigenvalue weighted by atomic mass is 10.0. The molecule has 0 N–H and O–H groups in total. The van der Waals surface area contributed by atoms with Crippen molar-refractivity contribution in [3.8, 4) is 11.5 Å². The summed E-state index contributed by atoms with van der Waals surface area (Å²) in [4.78, 5) is 41.0. The number of nitrogens with zero attached hydrogens (tertiary/aromatic N) is 2. The van der Waals surface area contributed by atoms with E-state index in [1.165, 1.54) is 0 Å². The molecular weight excluding hydrogens is 372 g/mol. The SMILES string of the molecule is COc1ccc(OC)c(C2CCCN2C(=O)CN2C(=O)c3ccccc3C2=O)c1. The lowest BCUT2D eigenvalue weighted by Gasteiger charge is -2.28. The van der Waals surface area contributed by atoms with Crippen LogP contribution < -0.4 is 9.47 Å². The van der Waals surface area contributed by atoms with Gasteiger partial charge in [-0.05, 0) is 43.2 Å². The monoisotopic (exact) mass is 394 g/mol. The minimum atomic E-state index is -0.423. The maximum atomic E-state index is 13.1. The largest absolute Gasteiger partial charge is 0.497 e. The Bertz CT molecular complexity index is 952. The molecule has 0 aromatic heterocycles. The van der Waals surface area contributed by atoms with Crippen LogP contribution in [-0.4, -0.2) is 54.8 Å². The van der Waals surface area contributed by atoms with E-state index in [1.807, 2.05) is 18.2 Å². The van der Waals surface area contributed by atoms with E-state index in [9.17, 15) is 14.4 Å². The van der Waals surface area contributed by atoms with E-state index in [4.69, 9.17) is 9.47 Å². The van der Waals surface area contributed by atoms with Gasteiger partial charge in [0.2, 0.25) is 5.91 Å². The molecule has 2 aliphatic heterocycles. The molecule has 1 fully saturated rings. The number of carbonyl (C=O) groups is 3. The van der Waals surface area contributed by atoms with Crippen molar-refractivity contribution in [1.29, 1.82) is 0 Å². The molecule has 0 spiro atoms. The van der Waals surface area contributed by atoms with E-state index < -0.39 is 11.8 Å². The topological polar surface area (TPSA) is 76.2 Å². The first-order valence-corrected chi connectivity index (χ1v) is 9.51. The summed E-state index contributed by atoms with van der Waals surface area (Å²) >= 11 is 0. The normalized spacial score (nSPS) is 18.2. The maximum absolute atomic E-state index is 13.1. The zero-order chi connectivity index (χ0) is 20.5. The van der Waals surface area contributed by atoms with Crippen LogP contribution in [0.3, 0.4) is 0 Å². The number of likely N-dealkylation sites (tertiary alicyclic amines) is 1. The second kappa shape index (κ2) is 7.58. The second-order valence-electron chi connectivity index (χ2n) is 7.10. The lowest BCUT2D eigenvalue weighted by molar-refractivity contribution is -0.132. The third-order valence-electron chi connectivity index (χ3n) is 5.54. The number of rotatable bonds is 5. The fourth-order valence-corrected chi connectivity index (χ4v) is 4.10. The molecule has 1 saturated heterocycles. The first-order valence-electron chi connectivity index (χ1n) is 9.51. The van der Waals surface area contributed by atoms with Crippen LogP contribution >= 0.6 is 0 Å². The van der Waals surface area contributed by atoms with Crippen LogP contribution in [-0.2, 0) is 4.79 Å². The molecule has 3 amide bonds. The van der Waals surface area contributed by atoms with E-state index >= 15 is 0 Å². The number of imide groups is 1. The molecule has 7 nitrogen and oxygen atoms in total. The number of amides is 3. The van der Waals surface area contributed by atoms with Gasteiger partial charge in [-0.3, -0.25) is 19.3 Å². The van der Waals surface area contributed by atoms with Gasteiger partial charge in [0.05, 0.1) is 31.4 Å². The summed E-state index contributed by atoms with van der Waals surface area (Å²) in [6, 6.07) is 11.9. The van der Waals surface area contributed by atoms with Gasteiger partial charge < -0.3 is 14.4 Å². The average Bonchev–Trinajstić information content (AvgIpc) is 3.33. The summed E-state index contributed by atoms with van der Waals surface area (Å²) in [5.74, 6) is 0.255. The van der Waals surface area contributed by atoms with Crippen LogP contribution in [0.5, 0.6) is 11.5 Å². The van der Waals surface area contributed by atoms with Crippen molar-refractivity contribution in [2.45, 2.75) is 18.9 Å². The number of carbonyl (C=O) groups excluding carboxylic acids is 3. The first kappa shape index (κ1) is 19.0. The standard InChI is InChI=1S/C22H22N2O5/c1-28-14-9-10-19(29-2)17(12-14)18-8-5-11-23(18)20(25)13-24-21(26)15-6-3-4-7-16(15)22(24)27/h3-4,6-7,9-10,12,18H,5,8,11,13H2,1-2H3. The fourth-order valence-electron chi connectivity index (χ4n) is 4.10. The predicted molar refractivity (Wildman–Crippen MR) is 105 cm³/mol. The second-order valence-corrected chi connectivity index (χ2v) is 7.10. The van der Waals surface area contributed by atoms with Crippen molar-refractivity contribution in [3.63, 3.8) is 0 Å². The van der Waals surface area contributed by atoms with Gasteiger partial charge >= 0.3 is 0 Å². The van der Waals surface area contributed by atoms with Crippen LogP contribution in [0.4, 0.5) is 0 Å². The summed E-state index contributed by atoms with van der Waals surface area (Å²) in [7, 11) is 3.18. The van der Waals surface area contributed by atoms with Gasteiger partial charge in [-0.2, -0.15) is 0 Å². The third-order valence-corrected chi connectivity index (χ3v) is 5.54. The summed E-state index contributed by atoms with van der Waals surface area (Å²) in [5, 5.41) is 0. The van der Waals surface area contributed by atoms with Gasteiger partial charge in [0.15, 0.2) is 0 Å². The zero-order valence-electron chi connectivity index (χ0n) is 16.4. The quantitative estimate of drug-likeness (QED) is 0.729. The average molecular weight is 394 g/mol. The molecule has 7 heteroatoms. The minimum Gasteiger partial charge on any atom is -0.497 e. The molecule has 0 radical (unpaired) electrons. The minimum absolute atomic E-state index is 0.192. The van der Waals surface area contributed by atoms with E-state index in [0.717, 1.165) is 23.3 Å². The first-order chi connectivity index (χ1) is 14.0. The summed E-state index contributed by atoms with van der Waals surface area (Å²) in [6.07, 6.45) is 1.61. The molecule has 2 aliphatic rings. The van der Waals surface area contributed by atoms with E-state index in [-0.39, 0.29) is 18.5 Å². The summed E-state index contributed by atoms with van der Waals surface area (Å²) < 4.78 is 10.8. The smallest absolute Gasteiger partial charge is 0.262 e. The van der Waals surface area contributed by atoms with Crippen LogP contribution in [0.2, 0.25) is 0 Å². The Hall–Kier alpha value is -3.35. The lowest BCUT2D eigenvalue weighted by Crippen LogP contribution is -2.42. The zero-order valence-corrected chi connectivity index (χ0v) is 16.4. The number of hydrogen-bond donors (Lipinski definition) is 0. The Kier molecular flexibility index (Phi) is 4.96. The molecule has 0 aliphatic carbocycles. The Morgan fingerprint density at radius 3 is 2.34 bits per heavy atom. The highest BCUT2D eigenvalue weighted by atomic mass is 16.5. The predicted octanol–water partition coefficient (Wildman–Crippen LogP) is 2.66. The van der Waals surface area contributed by atoms with Gasteiger partial charge in [0, 0.05) is 12.1 Å². The molecule has 1 atom stereocenters. The Morgan fingerprint density at radius 1 is 1.03 bits per heavy atom. The highest BCUT2D eigenvalue weighted by Crippen LogP contribution is 2.39. The van der Waals surface area contributed by atoms with Crippen molar-refractivity contribution in [2.24, 2.45) is 0 Å². The summed E-state index contributed by atoms with van der Waals surface area (Å²) in [5.41, 5.74) is 1.55. The van der Waals surface area contributed by atoms with E-state index in [1.54, 1.807) is 43.4 Å². The molecule has 4 rings (SSSR count). The molecule has 2 heterocycles. The highest BCUT2D eigenvalue weighted by Gasteiger charge is 2.39. The number of benzene rings is 2. The van der Waals surface area contributed by atoms with Crippen molar-refractivity contribution in [3.05, 3.63) is 59.2 Å².